The Balaban J connectivity index is 2.57. The Kier molecular flexibility index (Phi) is 6.81. The van der Waals surface area contributed by atoms with Gasteiger partial charge in [0.25, 0.3) is 0 Å². The summed E-state index contributed by atoms with van der Waals surface area (Å²) < 4.78 is 45.1. The van der Waals surface area contributed by atoms with Gasteiger partial charge in [0.2, 0.25) is 0 Å². The lowest BCUT2D eigenvalue weighted by Gasteiger charge is -2.09. The SMILES string of the molecule is CCOC(=O)/C(C=Nc1ccc(F)cc1F)=C(/O)c1cc(F)c(Cl)nc1Cl. The molecule has 10 heteroatoms. The normalized spacial score (nSPS) is 12.2. The van der Waals surface area contributed by atoms with Crippen molar-refractivity contribution in [2.24, 2.45) is 4.99 Å². The molecule has 27 heavy (non-hydrogen) atoms. The summed E-state index contributed by atoms with van der Waals surface area (Å²) in [5, 5.41) is 9.45. The molecule has 2 aromatic rings. The van der Waals surface area contributed by atoms with E-state index in [1.54, 1.807) is 0 Å². The van der Waals surface area contributed by atoms with Crippen LogP contribution in [0.15, 0.2) is 34.8 Å². The number of halogens is 5. The fourth-order valence-electron chi connectivity index (χ4n) is 1.90. The summed E-state index contributed by atoms with van der Waals surface area (Å²) in [6.07, 6.45) is 0.784. The van der Waals surface area contributed by atoms with E-state index in [2.05, 4.69) is 9.98 Å². The van der Waals surface area contributed by atoms with E-state index >= 15 is 0 Å². The maximum atomic E-state index is 13.7. The highest BCUT2D eigenvalue weighted by Crippen LogP contribution is 2.27. The molecular formula is C17H11Cl2F3N2O3. The summed E-state index contributed by atoms with van der Waals surface area (Å²) in [7, 11) is 0. The van der Waals surface area contributed by atoms with Crippen LogP contribution in [-0.2, 0) is 9.53 Å². The molecule has 0 spiro atoms. The lowest BCUT2D eigenvalue weighted by molar-refractivity contribution is -0.137. The van der Waals surface area contributed by atoms with Crippen LogP contribution in [0.25, 0.3) is 5.76 Å². The van der Waals surface area contributed by atoms with Gasteiger partial charge in [-0.25, -0.2) is 22.9 Å². The second-order valence-electron chi connectivity index (χ2n) is 4.94. The highest BCUT2D eigenvalue weighted by atomic mass is 35.5. The molecule has 1 aromatic carbocycles. The minimum atomic E-state index is -1.03. The van der Waals surface area contributed by atoms with Gasteiger partial charge in [0.05, 0.1) is 17.9 Å². The average molecular weight is 419 g/mol. The van der Waals surface area contributed by atoms with E-state index in [-0.39, 0.29) is 23.0 Å². The van der Waals surface area contributed by atoms with Gasteiger partial charge in [-0.2, -0.15) is 0 Å². The number of carbonyl (C=O) groups excluding carboxylic acids is 1. The first-order valence-corrected chi connectivity index (χ1v) is 8.11. The lowest BCUT2D eigenvalue weighted by atomic mass is 10.1. The van der Waals surface area contributed by atoms with Crippen LogP contribution in [0.3, 0.4) is 0 Å². The summed E-state index contributed by atoms with van der Waals surface area (Å²) in [4.78, 5) is 19.3. The Morgan fingerprint density at radius 3 is 2.56 bits per heavy atom. The number of aliphatic hydroxyl groups is 1. The van der Waals surface area contributed by atoms with E-state index in [1.807, 2.05) is 0 Å². The van der Waals surface area contributed by atoms with Crippen LogP contribution in [0.1, 0.15) is 12.5 Å². The molecule has 0 saturated heterocycles. The van der Waals surface area contributed by atoms with Crippen molar-refractivity contribution in [3.63, 3.8) is 0 Å². The summed E-state index contributed by atoms with van der Waals surface area (Å²) in [6, 6.07) is 3.34. The lowest BCUT2D eigenvalue weighted by Crippen LogP contribution is -2.12. The zero-order valence-corrected chi connectivity index (χ0v) is 15.2. The van der Waals surface area contributed by atoms with Crippen LogP contribution in [0.5, 0.6) is 0 Å². The van der Waals surface area contributed by atoms with E-state index in [4.69, 9.17) is 27.9 Å². The zero-order valence-electron chi connectivity index (χ0n) is 13.6. The largest absolute Gasteiger partial charge is 0.506 e. The molecule has 0 radical (unpaired) electrons. The maximum absolute atomic E-state index is 13.7. The Labute approximate surface area is 161 Å². The number of carbonyl (C=O) groups is 1. The van der Waals surface area contributed by atoms with Crippen LogP contribution >= 0.6 is 23.2 Å². The van der Waals surface area contributed by atoms with Gasteiger partial charge in [0.15, 0.2) is 16.8 Å². The number of aliphatic hydroxyl groups excluding tert-OH is 1. The number of aromatic nitrogens is 1. The monoisotopic (exact) mass is 418 g/mol. The van der Waals surface area contributed by atoms with E-state index in [9.17, 15) is 23.1 Å². The number of aliphatic imine (C=N–C) groups is 1. The first kappa shape index (κ1) is 20.7. The van der Waals surface area contributed by atoms with Gasteiger partial charge in [-0.1, -0.05) is 23.2 Å². The molecule has 0 unspecified atom stereocenters. The van der Waals surface area contributed by atoms with E-state index < -0.39 is 39.9 Å². The summed E-state index contributed by atoms with van der Waals surface area (Å²) in [6.45, 7) is 1.47. The van der Waals surface area contributed by atoms with Crippen molar-refractivity contribution in [2.75, 3.05) is 6.61 Å². The molecule has 1 aromatic heterocycles. The molecule has 1 heterocycles. The minimum Gasteiger partial charge on any atom is -0.506 e. The third-order valence-corrected chi connectivity index (χ3v) is 3.69. The molecular weight excluding hydrogens is 408 g/mol. The molecule has 0 saturated carbocycles. The topological polar surface area (TPSA) is 71.8 Å². The van der Waals surface area contributed by atoms with Crippen LogP contribution in [0.2, 0.25) is 10.3 Å². The molecule has 0 bridgehead atoms. The molecule has 0 aliphatic rings. The quantitative estimate of drug-likeness (QED) is 0.242. The average Bonchev–Trinajstić information content (AvgIpc) is 2.60. The van der Waals surface area contributed by atoms with Gasteiger partial charge in [-0.3, -0.25) is 4.99 Å². The number of nitrogens with zero attached hydrogens (tertiary/aromatic N) is 2. The van der Waals surface area contributed by atoms with Crippen molar-refractivity contribution < 1.29 is 27.8 Å². The third kappa shape index (κ3) is 4.99. The van der Waals surface area contributed by atoms with Crippen molar-refractivity contribution in [1.29, 1.82) is 0 Å². The van der Waals surface area contributed by atoms with E-state index in [0.29, 0.717) is 6.07 Å². The molecule has 0 atom stereocenters. The van der Waals surface area contributed by atoms with Gasteiger partial charge < -0.3 is 9.84 Å². The molecule has 0 aliphatic heterocycles. The van der Waals surface area contributed by atoms with Crippen LogP contribution in [0, 0.1) is 17.5 Å². The third-order valence-electron chi connectivity index (χ3n) is 3.13. The van der Waals surface area contributed by atoms with Crippen molar-refractivity contribution in [3.05, 3.63) is 63.2 Å². The standard InChI is InChI=1S/C17H11Cl2F3N2O3/c1-2-27-17(26)10(7-23-13-4-3-8(20)5-11(13)21)14(25)9-6-12(22)16(19)24-15(9)18/h3-7,25H,2H2,1H3/b14-10+,23-7?. The summed E-state index contributed by atoms with van der Waals surface area (Å²) >= 11 is 11.3. The molecule has 1 N–H and O–H groups in total. The molecule has 0 fully saturated rings. The number of ether oxygens (including phenoxy) is 1. The molecule has 0 aliphatic carbocycles. The van der Waals surface area contributed by atoms with Crippen molar-refractivity contribution in [1.82, 2.24) is 4.98 Å². The van der Waals surface area contributed by atoms with Crippen molar-refractivity contribution in [3.8, 4) is 0 Å². The Bertz CT molecular complexity index is 949. The summed E-state index contributed by atoms with van der Waals surface area (Å²) in [5.41, 5.74) is -1.21. The second kappa shape index (κ2) is 8.88. The summed E-state index contributed by atoms with van der Waals surface area (Å²) in [5.74, 6) is -4.65. The molecule has 2 rings (SSSR count). The smallest absolute Gasteiger partial charge is 0.343 e. The Morgan fingerprint density at radius 1 is 1.22 bits per heavy atom. The number of esters is 1. The molecule has 0 amide bonds. The van der Waals surface area contributed by atoms with Crippen molar-refractivity contribution >= 4 is 46.8 Å². The van der Waals surface area contributed by atoms with Gasteiger partial charge in [0.1, 0.15) is 22.3 Å². The molecule has 142 valence electrons. The van der Waals surface area contributed by atoms with Crippen molar-refractivity contribution in [2.45, 2.75) is 6.92 Å². The number of pyridine rings is 1. The van der Waals surface area contributed by atoms with E-state index in [1.165, 1.54) is 6.92 Å². The fraction of sp³-hybridized carbons (Fsp3) is 0.118. The van der Waals surface area contributed by atoms with Crippen LogP contribution < -0.4 is 0 Å². The minimum absolute atomic E-state index is 0.0463. The van der Waals surface area contributed by atoms with Gasteiger partial charge in [0, 0.05) is 12.3 Å². The van der Waals surface area contributed by atoms with E-state index in [0.717, 1.165) is 24.4 Å². The Hall–Kier alpha value is -2.58. The second-order valence-corrected chi connectivity index (χ2v) is 5.65. The van der Waals surface area contributed by atoms with Crippen LogP contribution in [-0.4, -0.2) is 28.9 Å². The van der Waals surface area contributed by atoms with Gasteiger partial charge in [-0.15, -0.1) is 0 Å². The first-order chi connectivity index (χ1) is 12.7. The number of hydrogen-bond acceptors (Lipinski definition) is 5. The highest BCUT2D eigenvalue weighted by molar-refractivity contribution is 6.34. The maximum Gasteiger partial charge on any atom is 0.343 e. The molecule has 5 nitrogen and oxygen atoms in total. The number of benzene rings is 1. The highest BCUT2D eigenvalue weighted by Gasteiger charge is 2.21. The first-order valence-electron chi connectivity index (χ1n) is 7.36. The number of rotatable bonds is 5. The number of hydrogen-bond donors (Lipinski definition) is 1. The van der Waals surface area contributed by atoms with Gasteiger partial charge >= 0.3 is 5.97 Å². The predicted molar refractivity (Wildman–Crippen MR) is 94.9 cm³/mol. The fourth-order valence-corrected chi connectivity index (χ4v) is 2.31. The predicted octanol–water partition coefficient (Wildman–Crippen LogP) is 5.04. The Morgan fingerprint density at radius 2 is 1.93 bits per heavy atom. The van der Waals surface area contributed by atoms with Gasteiger partial charge in [-0.05, 0) is 25.1 Å². The zero-order chi connectivity index (χ0) is 20.1. The van der Waals surface area contributed by atoms with Crippen LogP contribution in [0.4, 0.5) is 18.9 Å².